The van der Waals surface area contributed by atoms with Gasteiger partial charge in [-0.1, -0.05) is 25.1 Å². The molecule has 1 unspecified atom stereocenters. The minimum absolute atomic E-state index is 0.592. The summed E-state index contributed by atoms with van der Waals surface area (Å²) in [7, 11) is 0. The van der Waals surface area contributed by atoms with Crippen LogP contribution in [0.25, 0.3) is 0 Å². The van der Waals surface area contributed by atoms with Crippen LogP contribution in [-0.2, 0) is 6.54 Å². The summed E-state index contributed by atoms with van der Waals surface area (Å²) in [6.07, 6.45) is 1.19. The van der Waals surface area contributed by atoms with Crippen LogP contribution in [0.1, 0.15) is 25.8 Å². The molecule has 1 heterocycles. The van der Waals surface area contributed by atoms with Gasteiger partial charge in [0.1, 0.15) is 12.4 Å². The molecule has 1 aliphatic rings. The summed E-state index contributed by atoms with van der Waals surface area (Å²) in [6.45, 7) is 9.42. The van der Waals surface area contributed by atoms with E-state index < -0.39 is 0 Å². The number of para-hydroxylation sites is 1. The van der Waals surface area contributed by atoms with Crippen molar-refractivity contribution < 1.29 is 4.74 Å². The number of hydrogen-bond donors (Lipinski definition) is 1. The van der Waals surface area contributed by atoms with Gasteiger partial charge in [0, 0.05) is 31.2 Å². The molecular weight excluding hydrogens is 224 g/mol. The van der Waals surface area contributed by atoms with E-state index >= 15 is 0 Å². The second kappa shape index (κ2) is 6.76. The average Bonchev–Trinajstić information content (AvgIpc) is 2.58. The Hall–Kier alpha value is -1.06. The molecule has 1 N–H and O–H groups in total. The van der Waals surface area contributed by atoms with Crippen LogP contribution in [0.4, 0.5) is 0 Å². The van der Waals surface area contributed by atoms with E-state index in [1.807, 2.05) is 6.07 Å². The molecule has 0 saturated heterocycles. The van der Waals surface area contributed by atoms with Gasteiger partial charge in [-0.25, -0.2) is 0 Å². The Morgan fingerprint density at radius 3 is 3.06 bits per heavy atom. The van der Waals surface area contributed by atoms with Gasteiger partial charge < -0.3 is 10.1 Å². The second-order valence-corrected chi connectivity index (χ2v) is 4.98. The van der Waals surface area contributed by atoms with Gasteiger partial charge in [-0.3, -0.25) is 4.90 Å². The second-order valence-electron chi connectivity index (χ2n) is 4.98. The highest BCUT2D eigenvalue weighted by atomic mass is 16.5. The standard InChI is InChI=1S/C15H24N2O/c1-3-16-13(2)8-9-17-10-11-18-15-7-5-4-6-14(15)12-17/h4-7,13,16H,3,8-12H2,1-2H3. The zero-order valence-electron chi connectivity index (χ0n) is 11.5. The summed E-state index contributed by atoms with van der Waals surface area (Å²) >= 11 is 0. The third kappa shape index (κ3) is 3.72. The van der Waals surface area contributed by atoms with Crippen LogP contribution in [0.3, 0.4) is 0 Å². The van der Waals surface area contributed by atoms with Crippen LogP contribution in [0.15, 0.2) is 24.3 Å². The minimum Gasteiger partial charge on any atom is -0.492 e. The lowest BCUT2D eigenvalue weighted by molar-refractivity contribution is 0.218. The maximum absolute atomic E-state index is 5.78. The Kier molecular flexibility index (Phi) is 5.02. The van der Waals surface area contributed by atoms with E-state index in [2.05, 4.69) is 42.3 Å². The van der Waals surface area contributed by atoms with Crippen LogP contribution < -0.4 is 10.1 Å². The molecule has 1 aromatic rings. The Morgan fingerprint density at radius 1 is 1.39 bits per heavy atom. The molecule has 2 rings (SSSR count). The summed E-state index contributed by atoms with van der Waals surface area (Å²) in [5.74, 6) is 1.06. The van der Waals surface area contributed by atoms with Crippen molar-refractivity contribution in [2.75, 3.05) is 26.2 Å². The van der Waals surface area contributed by atoms with E-state index in [-0.39, 0.29) is 0 Å². The van der Waals surface area contributed by atoms with E-state index in [0.717, 1.165) is 38.5 Å². The molecule has 100 valence electrons. The quantitative estimate of drug-likeness (QED) is 0.865. The SMILES string of the molecule is CCNC(C)CCN1CCOc2ccccc2C1. The molecular formula is C15H24N2O. The Labute approximate surface area is 110 Å². The van der Waals surface area contributed by atoms with Crippen LogP contribution >= 0.6 is 0 Å². The third-order valence-corrected chi connectivity index (χ3v) is 3.46. The number of nitrogens with one attached hydrogen (secondary N) is 1. The molecule has 3 heteroatoms. The highest BCUT2D eigenvalue weighted by molar-refractivity contribution is 5.33. The highest BCUT2D eigenvalue weighted by Crippen LogP contribution is 2.22. The monoisotopic (exact) mass is 248 g/mol. The molecule has 0 amide bonds. The Bertz CT molecular complexity index is 367. The zero-order valence-corrected chi connectivity index (χ0v) is 11.5. The molecule has 18 heavy (non-hydrogen) atoms. The molecule has 0 fully saturated rings. The lowest BCUT2D eigenvalue weighted by Crippen LogP contribution is -2.33. The van der Waals surface area contributed by atoms with Crippen molar-refractivity contribution in [3.05, 3.63) is 29.8 Å². The Morgan fingerprint density at radius 2 is 2.22 bits per heavy atom. The van der Waals surface area contributed by atoms with Crippen molar-refractivity contribution in [1.29, 1.82) is 0 Å². The maximum Gasteiger partial charge on any atom is 0.123 e. The third-order valence-electron chi connectivity index (χ3n) is 3.46. The summed E-state index contributed by atoms with van der Waals surface area (Å²) in [5, 5.41) is 3.46. The number of rotatable bonds is 5. The van der Waals surface area contributed by atoms with E-state index in [0.29, 0.717) is 6.04 Å². The van der Waals surface area contributed by atoms with Crippen molar-refractivity contribution in [1.82, 2.24) is 10.2 Å². The summed E-state index contributed by atoms with van der Waals surface area (Å²) < 4.78 is 5.78. The van der Waals surface area contributed by atoms with Gasteiger partial charge in [0.25, 0.3) is 0 Å². The minimum atomic E-state index is 0.592. The van der Waals surface area contributed by atoms with E-state index in [1.165, 1.54) is 12.0 Å². The van der Waals surface area contributed by atoms with E-state index in [9.17, 15) is 0 Å². The average molecular weight is 248 g/mol. The van der Waals surface area contributed by atoms with Gasteiger partial charge in [0.05, 0.1) is 0 Å². The van der Waals surface area contributed by atoms with Crippen LogP contribution in [0, 0.1) is 0 Å². The van der Waals surface area contributed by atoms with E-state index in [4.69, 9.17) is 4.74 Å². The molecule has 0 bridgehead atoms. The molecule has 0 aromatic heterocycles. The smallest absolute Gasteiger partial charge is 0.123 e. The number of nitrogens with zero attached hydrogens (tertiary/aromatic N) is 1. The fourth-order valence-corrected chi connectivity index (χ4v) is 2.40. The number of hydrogen-bond acceptors (Lipinski definition) is 3. The fraction of sp³-hybridized carbons (Fsp3) is 0.600. The molecule has 1 aromatic carbocycles. The van der Waals surface area contributed by atoms with Crippen LogP contribution in [-0.4, -0.2) is 37.2 Å². The summed E-state index contributed by atoms with van der Waals surface area (Å²) in [4.78, 5) is 2.49. The van der Waals surface area contributed by atoms with Crippen LogP contribution in [0.5, 0.6) is 5.75 Å². The van der Waals surface area contributed by atoms with Gasteiger partial charge in [-0.2, -0.15) is 0 Å². The molecule has 1 atom stereocenters. The topological polar surface area (TPSA) is 24.5 Å². The molecule has 3 nitrogen and oxygen atoms in total. The lowest BCUT2D eigenvalue weighted by Gasteiger charge is -2.21. The van der Waals surface area contributed by atoms with Crippen molar-refractivity contribution in [2.24, 2.45) is 0 Å². The largest absolute Gasteiger partial charge is 0.492 e. The lowest BCUT2D eigenvalue weighted by atomic mass is 10.1. The summed E-state index contributed by atoms with van der Waals surface area (Å²) in [6, 6.07) is 8.96. The first-order valence-electron chi connectivity index (χ1n) is 6.96. The predicted molar refractivity (Wildman–Crippen MR) is 75.0 cm³/mol. The molecule has 0 saturated carbocycles. The van der Waals surface area contributed by atoms with Crippen molar-refractivity contribution in [3.63, 3.8) is 0 Å². The predicted octanol–water partition coefficient (Wildman–Crippen LogP) is 2.27. The van der Waals surface area contributed by atoms with Crippen LogP contribution in [0.2, 0.25) is 0 Å². The van der Waals surface area contributed by atoms with Gasteiger partial charge in [-0.15, -0.1) is 0 Å². The van der Waals surface area contributed by atoms with Gasteiger partial charge in [-0.05, 0) is 26.0 Å². The molecule has 0 radical (unpaired) electrons. The first-order valence-corrected chi connectivity index (χ1v) is 6.96. The van der Waals surface area contributed by atoms with Crippen molar-refractivity contribution in [2.45, 2.75) is 32.9 Å². The van der Waals surface area contributed by atoms with E-state index in [1.54, 1.807) is 0 Å². The number of benzene rings is 1. The van der Waals surface area contributed by atoms with Gasteiger partial charge in [0.2, 0.25) is 0 Å². The number of ether oxygens (including phenoxy) is 1. The van der Waals surface area contributed by atoms with Crippen molar-refractivity contribution in [3.8, 4) is 5.75 Å². The molecule has 0 spiro atoms. The molecule has 1 aliphatic heterocycles. The van der Waals surface area contributed by atoms with Gasteiger partial charge >= 0.3 is 0 Å². The Balaban J connectivity index is 1.88. The maximum atomic E-state index is 5.78. The van der Waals surface area contributed by atoms with Gasteiger partial charge in [0.15, 0.2) is 0 Å². The zero-order chi connectivity index (χ0) is 12.8. The highest BCUT2D eigenvalue weighted by Gasteiger charge is 2.15. The summed E-state index contributed by atoms with van der Waals surface area (Å²) in [5.41, 5.74) is 1.31. The van der Waals surface area contributed by atoms with Crippen molar-refractivity contribution >= 4 is 0 Å². The molecule has 0 aliphatic carbocycles. The number of fused-ring (bicyclic) bond motifs is 1. The fourth-order valence-electron chi connectivity index (χ4n) is 2.40. The first-order chi connectivity index (χ1) is 8.79. The normalized spacial score (nSPS) is 17.7. The first kappa shape index (κ1) is 13.4.